The van der Waals surface area contributed by atoms with Crippen molar-refractivity contribution in [1.29, 1.82) is 0 Å². The lowest BCUT2D eigenvalue weighted by atomic mass is 10.3. The fraction of sp³-hybridized carbons (Fsp3) is 0.636. The Labute approximate surface area is 105 Å². The van der Waals surface area contributed by atoms with E-state index in [4.69, 9.17) is 17.0 Å². The Kier molecular flexibility index (Phi) is 4.47. The maximum atomic E-state index is 11.0. The van der Waals surface area contributed by atoms with Crippen LogP contribution in [0.1, 0.15) is 6.42 Å². The van der Waals surface area contributed by atoms with Crippen molar-refractivity contribution in [3.8, 4) is 0 Å². The van der Waals surface area contributed by atoms with Gasteiger partial charge in [-0.2, -0.15) is 0 Å². The highest BCUT2D eigenvalue weighted by Gasteiger charge is 2.09. The second kappa shape index (κ2) is 6.09. The highest BCUT2D eigenvalue weighted by molar-refractivity contribution is 7.71. The molecule has 0 bridgehead atoms. The molecule has 1 aromatic heterocycles. The van der Waals surface area contributed by atoms with Crippen molar-refractivity contribution in [3.63, 3.8) is 0 Å². The zero-order chi connectivity index (χ0) is 12.1. The summed E-state index contributed by atoms with van der Waals surface area (Å²) >= 11 is 5.08. The van der Waals surface area contributed by atoms with Gasteiger partial charge in [0.15, 0.2) is 4.77 Å². The van der Waals surface area contributed by atoms with Gasteiger partial charge >= 0.3 is 0 Å². The Balaban J connectivity index is 1.81. The number of hydrogen-bond acceptors (Lipinski definition) is 4. The number of aromatic amines is 1. The van der Waals surface area contributed by atoms with E-state index in [1.54, 1.807) is 6.20 Å². The first kappa shape index (κ1) is 12.5. The molecule has 1 saturated heterocycles. The molecular weight excluding hydrogens is 238 g/mol. The van der Waals surface area contributed by atoms with Gasteiger partial charge in [0.1, 0.15) is 0 Å². The Morgan fingerprint density at radius 2 is 2.12 bits per heavy atom. The van der Waals surface area contributed by atoms with Gasteiger partial charge in [0, 0.05) is 38.4 Å². The van der Waals surface area contributed by atoms with Crippen molar-refractivity contribution >= 4 is 12.2 Å². The molecule has 17 heavy (non-hydrogen) atoms. The molecular formula is C11H17N3O2S. The lowest BCUT2D eigenvalue weighted by Gasteiger charge is -2.26. The summed E-state index contributed by atoms with van der Waals surface area (Å²) in [5.41, 5.74) is -0.139. The molecule has 1 N–H and O–H groups in total. The van der Waals surface area contributed by atoms with Gasteiger partial charge in [0.25, 0.3) is 5.56 Å². The maximum absolute atomic E-state index is 11.0. The van der Waals surface area contributed by atoms with E-state index >= 15 is 0 Å². The standard InChI is InChI=1S/C11H17N3O2S/c15-10-2-5-14(11(17)12-10)4-1-3-13-6-8-16-9-7-13/h2,5H,1,3-4,6-9H2,(H,12,15,17). The Morgan fingerprint density at radius 1 is 1.35 bits per heavy atom. The molecule has 0 spiro atoms. The molecule has 1 aliphatic rings. The van der Waals surface area contributed by atoms with Crippen molar-refractivity contribution < 1.29 is 4.74 Å². The molecule has 0 unspecified atom stereocenters. The average Bonchev–Trinajstić information content (AvgIpc) is 2.33. The smallest absolute Gasteiger partial charge is 0.251 e. The van der Waals surface area contributed by atoms with Gasteiger partial charge in [-0.1, -0.05) is 0 Å². The van der Waals surface area contributed by atoms with Crippen LogP contribution >= 0.6 is 12.2 Å². The molecule has 2 heterocycles. The Bertz CT molecular complexity index is 462. The van der Waals surface area contributed by atoms with Gasteiger partial charge in [-0.3, -0.25) is 14.7 Å². The van der Waals surface area contributed by atoms with Gasteiger partial charge in [0.2, 0.25) is 0 Å². The lowest BCUT2D eigenvalue weighted by Crippen LogP contribution is -2.37. The number of rotatable bonds is 4. The van der Waals surface area contributed by atoms with Crippen molar-refractivity contribution in [2.45, 2.75) is 13.0 Å². The third-order valence-corrected chi connectivity index (χ3v) is 3.21. The van der Waals surface area contributed by atoms with Crippen molar-refractivity contribution in [2.24, 2.45) is 0 Å². The molecule has 0 aliphatic carbocycles. The minimum atomic E-state index is -0.139. The van der Waals surface area contributed by atoms with Crippen LogP contribution in [0.3, 0.4) is 0 Å². The average molecular weight is 255 g/mol. The molecule has 1 aromatic rings. The van der Waals surface area contributed by atoms with E-state index in [1.165, 1.54) is 6.07 Å². The highest BCUT2D eigenvalue weighted by Crippen LogP contribution is 1.99. The number of nitrogens with zero attached hydrogens (tertiary/aromatic N) is 2. The number of aryl methyl sites for hydroxylation is 1. The summed E-state index contributed by atoms with van der Waals surface area (Å²) in [6.07, 6.45) is 2.78. The predicted molar refractivity (Wildman–Crippen MR) is 67.8 cm³/mol. The summed E-state index contributed by atoms with van der Waals surface area (Å²) in [6.45, 7) is 5.57. The molecule has 0 radical (unpaired) electrons. The molecule has 1 fully saturated rings. The summed E-state index contributed by atoms with van der Waals surface area (Å²) in [5, 5.41) is 0. The quantitative estimate of drug-likeness (QED) is 0.802. The van der Waals surface area contributed by atoms with E-state index in [9.17, 15) is 4.79 Å². The number of nitrogens with one attached hydrogen (secondary N) is 1. The van der Waals surface area contributed by atoms with Crippen molar-refractivity contribution in [1.82, 2.24) is 14.5 Å². The van der Waals surface area contributed by atoms with E-state index < -0.39 is 0 Å². The summed E-state index contributed by atoms with van der Waals surface area (Å²) in [7, 11) is 0. The minimum Gasteiger partial charge on any atom is -0.379 e. The van der Waals surface area contributed by atoms with E-state index in [1.807, 2.05) is 4.57 Å². The molecule has 0 saturated carbocycles. The molecule has 5 nitrogen and oxygen atoms in total. The van der Waals surface area contributed by atoms with E-state index in [-0.39, 0.29) is 5.56 Å². The monoisotopic (exact) mass is 255 g/mol. The summed E-state index contributed by atoms with van der Waals surface area (Å²) in [6, 6.07) is 1.50. The number of morpholine rings is 1. The predicted octanol–water partition coefficient (Wildman–Crippen LogP) is 0.628. The third-order valence-electron chi connectivity index (χ3n) is 2.87. The summed E-state index contributed by atoms with van der Waals surface area (Å²) in [4.78, 5) is 16.0. The van der Waals surface area contributed by atoms with Crippen molar-refractivity contribution in [3.05, 3.63) is 27.4 Å². The van der Waals surface area contributed by atoms with Crippen LogP contribution in [0, 0.1) is 4.77 Å². The number of aromatic nitrogens is 2. The zero-order valence-electron chi connectivity index (χ0n) is 9.72. The topological polar surface area (TPSA) is 50.3 Å². The first-order chi connectivity index (χ1) is 8.25. The molecule has 1 aliphatic heterocycles. The fourth-order valence-electron chi connectivity index (χ4n) is 1.91. The van der Waals surface area contributed by atoms with E-state index in [2.05, 4.69) is 9.88 Å². The summed E-state index contributed by atoms with van der Waals surface area (Å²) < 4.78 is 7.69. The second-order valence-corrected chi connectivity index (χ2v) is 4.50. The van der Waals surface area contributed by atoms with Gasteiger partial charge in [-0.25, -0.2) is 0 Å². The van der Waals surface area contributed by atoms with Crippen LogP contribution < -0.4 is 5.56 Å². The van der Waals surface area contributed by atoms with Crippen molar-refractivity contribution in [2.75, 3.05) is 32.8 Å². The van der Waals surface area contributed by atoms with E-state index in [0.29, 0.717) is 4.77 Å². The van der Waals surface area contributed by atoms with Crippen LogP contribution in [-0.2, 0) is 11.3 Å². The fourth-order valence-corrected chi connectivity index (χ4v) is 2.16. The molecule has 6 heteroatoms. The minimum absolute atomic E-state index is 0.139. The molecule has 94 valence electrons. The molecule has 0 atom stereocenters. The van der Waals surface area contributed by atoms with Crippen LogP contribution in [0.5, 0.6) is 0 Å². The van der Waals surface area contributed by atoms with Crippen LogP contribution in [0.4, 0.5) is 0 Å². The number of ether oxygens (including phenoxy) is 1. The van der Waals surface area contributed by atoms with Crippen LogP contribution in [-0.4, -0.2) is 47.3 Å². The Hall–Kier alpha value is -0.980. The van der Waals surface area contributed by atoms with Crippen LogP contribution in [0.2, 0.25) is 0 Å². The first-order valence-electron chi connectivity index (χ1n) is 5.85. The first-order valence-corrected chi connectivity index (χ1v) is 6.26. The Morgan fingerprint density at radius 3 is 2.82 bits per heavy atom. The molecule has 2 rings (SSSR count). The molecule has 0 aromatic carbocycles. The normalized spacial score (nSPS) is 17.2. The SMILES string of the molecule is O=c1ccn(CCCN2CCOCC2)c(=S)[nH]1. The van der Waals surface area contributed by atoms with Gasteiger partial charge in [-0.15, -0.1) is 0 Å². The lowest BCUT2D eigenvalue weighted by molar-refractivity contribution is 0.0369. The van der Waals surface area contributed by atoms with E-state index in [0.717, 1.165) is 45.8 Å². The van der Waals surface area contributed by atoms with Gasteiger partial charge in [0.05, 0.1) is 13.2 Å². The summed E-state index contributed by atoms with van der Waals surface area (Å²) in [5.74, 6) is 0. The zero-order valence-corrected chi connectivity index (χ0v) is 10.5. The second-order valence-electron chi connectivity index (χ2n) is 4.11. The largest absolute Gasteiger partial charge is 0.379 e. The maximum Gasteiger partial charge on any atom is 0.251 e. The number of H-pyrrole nitrogens is 1. The number of hydrogen-bond donors (Lipinski definition) is 1. The van der Waals surface area contributed by atoms with Gasteiger partial charge in [-0.05, 0) is 18.6 Å². The highest BCUT2D eigenvalue weighted by atomic mass is 32.1. The van der Waals surface area contributed by atoms with Crippen LogP contribution in [0.25, 0.3) is 0 Å². The van der Waals surface area contributed by atoms with Crippen LogP contribution in [0.15, 0.2) is 17.1 Å². The molecule has 0 amide bonds. The van der Waals surface area contributed by atoms with Gasteiger partial charge < -0.3 is 9.30 Å². The third kappa shape index (κ3) is 3.76.